The SMILES string of the molecule is C[C@H]1CCCC[C@@H]1NC(=O)C(=O)Nc1ccc2c(c1)OCCO2. The summed E-state index contributed by atoms with van der Waals surface area (Å²) in [5.41, 5.74) is 0.520. The Morgan fingerprint density at radius 2 is 1.78 bits per heavy atom. The van der Waals surface area contributed by atoms with Crippen molar-refractivity contribution in [2.24, 2.45) is 5.92 Å². The van der Waals surface area contributed by atoms with Gasteiger partial charge in [0.15, 0.2) is 11.5 Å². The fourth-order valence-electron chi connectivity index (χ4n) is 3.07. The van der Waals surface area contributed by atoms with Gasteiger partial charge in [-0.15, -0.1) is 0 Å². The number of amides is 2. The molecule has 2 amide bonds. The fraction of sp³-hybridized carbons (Fsp3) is 0.529. The van der Waals surface area contributed by atoms with E-state index in [1.807, 2.05) is 0 Å². The van der Waals surface area contributed by atoms with Gasteiger partial charge in [0.25, 0.3) is 0 Å². The fourth-order valence-corrected chi connectivity index (χ4v) is 3.07. The zero-order chi connectivity index (χ0) is 16.2. The molecule has 1 aromatic carbocycles. The zero-order valence-corrected chi connectivity index (χ0v) is 13.3. The molecule has 2 aliphatic rings. The number of hydrogen-bond donors (Lipinski definition) is 2. The second-order valence-corrected chi connectivity index (χ2v) is 6.15. The highest BCUT2D eigenvalue weighted by molar-refractivity contribution is 6.39. The van der Waals surface area contributed by atoms with E-state index in [1.54, 1.807) is 18.2 Å². The van der Waals surface area contributed by atoms with E-state index in [9.17, 15) is 9.59 Å². The largest absolute Gasteiger partial charge is 0.486 e. The summed E-state index contributed by atoms with van der Waals surface area (Å²) >= 11 is 0. The lowest BCUT2D eigenvalue weighted by atomic mass is 9.86. The number of fused-ring (bicyclic) bond motifs is 1. The van der Waals surface area contributed by atoms with Crippen molar-refractivity contribution in [2.45, 2.75) is 38.6 Å². The van der Waals surface area contributed by atoms with E-state index in [2.05, 4.69) is 17.6 Å². The minimum absolute atomic E-state index is 0.0854. The third kappa shape index (κ3) is 3.75. The maximum atomic E-state index is 12.1. The predicted molar refractivity (Wildman–Crippen MR) is 85.6 cm³/mol. The van der Waals surface area contributed by atoms with E-state index >= 15 is 0 Å². The summed E-state index contributed by atoms with van der Waals surface area (Å²) in [6.45, 7) is 3.11. The van der Waals surface area contributed by atoms with Crippen LogP contribution in [0.1, 0.15) is 32.6 Å². The van der Waals surface area contributed by atoms with Crippen LogP contribution in [0.4, 0.5) is 5.69 Å². The third-order valence-corrected chi connectivity index (χ3v) is 4.43. The Bertz CT molecular complexity index is 602. The molecule has 0 aromatic heterocycles. The van der Waals surface area contributed by atoms with E-state index in [1.165, 1.54) is 6.42 Å². The second-order valence-electron chi connectivity index (χ2n) is 6.15. The quantitative estimate of drug-likeness (QED) is 0.819. The first-order chi connectivity index (χ1) is 11.1. The van der Waals surface area contributed by atoms with Crippen LogP contribution in [0.25, 0.3) is 0 Å². The van der Waals surface area contributed by atoms with Crippen LogP contribution in [-0.2, 0) is 9.59 Å². The van der Waals surface area contributed by atoms with Crippen LogP contribution in [-0.4, -0.2) is 31.1 Å². The van der Waals surface area contributed by atoms with Crippen molar-refractivity contribution in [1.82, 2.24) is 5.32 Å². The molecule has 1 aromatic rings. The highest BCUT2D eigenvalue weighted by atomic mass is 16.6. The van der Waals surface area contributed by atoms with Crippen molar-refractivity contribution < 1.29 is 19.1 Å². The molecule has 2 N–H and O–H groups in total. The van der Waals surface area contributed by atoms with Gasteiger partial charge in [-0.1, -0.05) is 19.8 Å². The van der Waals surface area contributed by atoms with Gasteiger partial charge in [0, 0.05) is 17.8 Å². The summed E-state index contributed by atoms with van der Waals surface area (Å²) in [6, 6.07) is 5.18. The van der Waals surface area contributed by atoms with Gasteiger partial charge in [0.05, 0.1) is 0 Å². The molecule has 124 valence electrons. The first-order valence-electron chi connectivity index (χ1n) is 8.15. The van der Waals surface area contributed by atoms with E-state index in [4.69, 9.17) is 9.47 Å². The van der Waals surface area contributed by atoms with E-state index in [-0.39, 0.29) is 6.04 Å². The summed E-state index contributed by atoms with van der Waals surface area (Å²) in [5, 5.41) is 5.45. The Morgan fingerprint density at radius 1 is 1.04 bits per heavy atom. The lowest BCUT2D eigenvalue weighted by molar-refractivity contribution is -0.137. The summed E-state index contributed by atoms with van der Waals surface area (Å²) in [5.74, 6) is 0.401. The Hall–Kier alpha value is -2.24. The zero-order valence-electron chi connectivity index (χ0n) is 13.3. The average molecular weight is 318 g/mol. The van der Waals surface area contributed by atoms with Crippen LogP contribution >= 0.6 is 0 Å². The number of carbonyl (C=O) groups is 2. The number of hydrogen-bond acceptors (Lipinski definition) is 4. The van der Waals surface area contributed by atoms with Gasteiger partial charge in [0.1, 0.15) is 13.2 Å². The van der Waals surface area contributed by atoms with Crippen LogP contribution in [0, 0.1) is 5.92 Å². The average Bonchev–Trinajstić information content (AvgIpc) is 2.56. The highest BCUT2D eigenvalue weighted by Gasteiger charge is 2.25. The van der Waals surface area contributed by atoms with E-state index in [0.717, 1.165) is 19.3 Å². The molecule has 1 aliphatic carbocycles. The Balaban J connectivity index is 1.58. The molecule has 3 rings (SSSR count). The number of rotatable bonds is 2. The molecule has 0 unspecified atom stereocenters. The Kier molecular flexibility index (Phi) is 4.69. The molecule has 2 atom stereocenters. The molecule has 0 bridgehead atoms. The summed E-state index contributed by atoms with van der Waals surface area (Å²) in [7, 11) is 0. The van der Waals surface area contributed by atoms with Crippen LogP contribution in [0.2, 0.25) is 0 Å². The minimum atomic E-state index is -0.653. The molecule has 23 heavy (non-hydrogen) atoms. The monoisotopic (exact) mass is 318 g/mol. The molecule has 0 radical (unpaired) electrons. The van der Waals surface area contributed by atoms with Crippen LogP contribution in [0.3, 0.4) is 0 Å². The minimum Gasteiger partial charge on any atom is -0.486 e. The summed E-state index contributed by atoms with van der Waals surface area (Å²) < 4.78 is 10.9. The van der Waals surface area contributed by atoms with Crippen molar-refractivity contribution in [3.05, 3.63) is 18.2 Å². The smallest absolute Gasteiger partial charge is 0.313 e. The van der Waals surface area contributed by atoms with Gasteiger partial charge in [-0.3, -0.25) is 9.59 Å². The molecule has 6 heteroatoms. The van der Waals surface area contributed by atoms with E-state index in [0.29, 0.717) is 36.3 Å². The van der Waals surface area contributed by atoms with Gasteiger partial charge < -0.3 is 20.1 Å². The molecule has 1 aliphatic heterocycles. The second kappa shape index (κ2) is 6.89. The number of anilines is 1. The standard InChI is InChI=1S/C17H22N2O4/c1-11-4-2-3-5-13(11)19-17(21)16(20)18-12-6-7-14-15(10-12)23-9-8-22-14/h6-7,10-11,13H,2-5,8-9H2,1H3,(H,18,20)(H,19,21)/t11-,13-/m0/s1. The molecule has 6 nitrogen and oxygen atoms in total. The molecule has 1 fully saturated rings. The molecular formula is C17H22N2O4. The number of ether oxygens (including phenoxy) is 2. The number of benzene rings is 1. The lowest BCUT2D eigenvalue weighted by Gasteiger charge is -2.29. The molecule has 0 saturated heterocycles. The number of carbonyl (C=O) groups excluding carboxylic acids is 2. The van der Waals surface area contributed by atoms with Crippen molar-refractivity contribution in [2.75, 3.05) is 18.5 Å². The van der Waals surface area contributed by atoms with Gasteiger partial charge in [-0.2, -0.15) is 0 Å². The van der Waals surface area contributed by atoms with Crippen molar-refractivity contribution in [1.29, 1.82) is 0 Å². The van der Waals surface area contributed by atoms with E-state index < -0.39 is 11.8 Å². The van der Waals surface area contributed by atoms with Gasteiger partial charge in [0.2, 0.25) is 0 Å². The van der Waals surface area contributed by atoms with Crippen LogP contribution in [0.15, 0.2) is 18.2 Å². The lowest BCUT2D eigenvalue weighted by Crippen LogP contribution is -2.45. The molecule has 1 saturated carbocycles. The Labute approximate surface area is 135 Å². The topological polar surface area (TPSA) is 76.7 Å². The van der Waals surface area contributed by atoms with Gasteiger partial charge in [-0.25, -0.2) is 0 Å². The molecule has 1 heterocycles. The Morgan fingerprint density at radius 3 is 2.57 bits per heavy atom. The first kappa shape index (κ1) is 15.6. The maximum Gasteiger partial charge on any atom is 0.313 e. The van der Waals surface area contributed by atoms with Crippen molar-refractivity contribution in [3.63, 3.8) is 0 Å². The first-order valence-corrected chi connectivity index (χ1v) is 8.15. The van der Waals surface area contributed by atoms with Gasteiger partial charge >= 0.3 is 11.8 Å². The van der Waals surface area contributed by atoms with Gasteiger partial charge in [-0.05, 0) is 30.9 Å². The van der Waals surface area contributed by atoms with Crippen LogP contribution in [0.5, 0.6) is 11.5 Å². The normalized spacial score (nSPS) is 23.0. The third-order valence-electron chi connectivity index (χ3n) is 4.43. The number of nitrogens with one attached hydrogen (secondary N) is 2. The summed E-state index contributed by atoms with van der Waals surface area (Å²) in [6.07, 6.45) is 4.31. The predicted octanol–water partition coefficient (Wildman–Crippen LogP) is 2.09. The molecular weight excluding hydrogens is 296 g/mol. The molecule has 0 spiro atoms. The van der Waals surface area contributed by atoms with Crippen molar-refractivity contribution in [3.8, 4) is 11.5 Å². The van der Waals surface area contributed by atoms with Crippen LogP contribution < -0.4 is 20.1 Å². The summed E-state index contributed by atoms with van der Waals surface area (Å²) in [4.78, 5) is 24.1. The maximum absolute atomic E-state index is 12.1. The highest BCUT2D eigenvalue weighted by Crippen LogP contribution is 2.32. The van der Waals surface area contributed by atoms with Crippen molar-refractivity contribution >= 4 is 17.5 Å².